The van der Waals surface area contributed by atoms with Crippen LogP contribution >= 0.6 is 0 Å². The van der Waals surface area contributed by atoms with E-state index >= 15 is 0 Å². The highest BCUT2D eigenvalue weighted by atomic mass is 32.2. The van der Waals surface area contributed by atoms with E-state index < -0.39 is 10.0 Å². The number of rotatable bonds is 3. The van der Waals surface area contributed by atoms with Crippen molar-refractivity contribution in [3.63, 3.8) is 0 Å². The summed E-state index contributed by atoms with van der Waals surface area (Å²) < 4.78 is 28.7. The van der Waals surface area contributed by atoms with E-state index in [2.05, 4.69) is 14.6 Å². The van der Waals surface area contributed by atoms with Gasteiger partial charge in [0, 0.05) is 38.4 Å². The van der Waals surface area contributed by atoms with E-state index in [-0.39, 0.29) is 0 Å². The van der Waals surface area contributed by atoms with Crippen molar-refractivity contribution in [1.82, 2.24) is 23.6 Å². The topological polar surface area (TPSA) is 73.0 Å². The lowest BCUT2D eigenvalue weighted by Gasteiger charge is -2.16. The van der Waals surface area contributed by atoms with Crippen LogP contribution in [0.15, 0.2) is 24.7 Å². The summed E-state index contributed by atoms with van der Waals surface area (Å²) in [6.07, 6.45) is 7.40. The zero-order chi connectivity index (χ0) is 14.2. The molecule has 1 aliphatic heterocycles. The molecule has 0 N–H and O–H groups in total. The fraction of sp³-hybridized carbons (Fsp3) is 0.500. The molecule has 3 heterocycles. The van der Waals surface area contributed by atoms with Crippen molar-refractivity contribution in [2.45, 2.75) is 19.5 Å². The van der Waals surface area contributed by atoms with Gasteiger partial charge in [0.05, 0.1) is 24.7 Å². The fourth-order valence-electron chi connectivity index (χ4n) is 2.49. The van der Waals surface area contributed by atoms with Crippen LogP contribution < -0.4 is 0 Å². The lowest BCUT2D eigenvalue weighted by molar-refractivity contribution is 0.416. The second-order valence-corrected chi connectivity index (χ2v) is 6.92. The van der Waals surface area contributed by atoms with Gasteiger partial charge in [0.1, 0.15) is 5.82 Å². The van der Waals surface area contributed by atoms with Crippen LogP contribution in [-0.2, 0) is 29.5 Å². The minimum atomic E-state index is -3.13. The molecule has 0 unspecified atom stereocenters. The SMILES string of the molecule is CS(=O)(=O)N1CCc2ncc(Cn3cccn3)n2CC1. The first-order valence-corrected chi connectivity index (χ1v) is 8.35. The summed E-state index contributed by atoms with van der Waals surface area (Å²) in [6.45, 7) is 2.28. The van der Waals surface area contributed by atoms with Gasteiger partial charge in [-0.25, -0.2) is 13.4 Å². The van der Waals surface area contributed by atoms with Crippen molar-refractivity contribution in [3.05, 3.63) is 36.2 Å². The van der Waals surface area contributed by atoms with Gasteiger partial charge >= 0.3 is 0 Å². The average molecular weight is 295 g/mol. The van der Waals surface area contributed by atoms with Gasteiger partial charge in [0.15, 0.2) is 0 Å². The van der Waals surface area contributed by atoms with Crippen molar-refractivity contribution >= 4 is 10.0 Å². The Morgan fingerprint density at radius 2 is 2.15 bits per heavy atom. The fourth-order valence-corrected chi connectivity index (χ4v) is 3.33. The highest BCUT2D eigenvalue weighted by Crippen LogP contribution is 2.14. The molecule has 20 heavy (non-hydrogen) atoms. The number of hydrogen-bond donors (Lipinski definition) is 0. The van der Waals surface area contributed by atoms with Crippen LogP contribution in [0.5, 0.6) is 0 Å². The minimum Gasteiger partial charge on any atom is -0.329 e. The van der Waals surface area contributed by atoms with Crippen molar-refractivity contribution in [3.8, 4) is 0 Å². The number of nitrogens with zero attached hydrogens (tertiary/aromatic N) is 5. The number of aromatic nitrogens is 4. The van der Waals surface area contributed by atoms with Gasteiger partial charge in [-0.3, -0.25) is 4.68 Å². The second kappa shape index (κ2) is 5.02. The first-order chi connectivity index (χ1) is 9.54. The number of sulfonamides is 1. The van der Waals surface area contributed by atoms with Gasteiger partial charge in [-0.05, 0) is 6.07 Å². The van der Waals surface area contributed by atoms with E-state index in [9.17, 15) is 8.42 Å². The highest BCUT2D eigenvalue weighted by molar-refractivity contribution is 7.88. The van der Waals surface area contributed by atoms with Crippen LogP contribution in [0.25, 0.3) is 0 Å². The predicted octanol–water partition coefficient (Wildman–Crippen LogP) is -0.0544. The molecule has 0 aromatic carbocycles. The van der Waals surface area contributed by atoms with Gasteiger partial charge in [-0.1, -0.05) is 0 Å². The van der Waals surface area contributed by atoms with Gasteiger partial charge in [-0.15, -0.1) is 0 Å². The maximum Gasteiger partial charge on any atom is 0.211 e. The Balaban J connectivity index is 1.82. The quantitative estimate of drug-likeness (QED) is 0.795. The predicted molar refractivity (Wildman–Crippen MR) is 73.7 cm³/mol. The molecule has 0 radical (unpaired) electrons. The van der Waals surface area contributed by atoms with Crippen LogP contribution in [0.4, 0.5) is 0 Å². The molecule has 2 aromatic rings. The van der Waals surface area contributed by atoms with Crippen LogP contribution in [0, 0.1) is 0 Å². The van der Waals surface area contributed by atoms with Crippen molar-refractivity contribution in [2.24, 2.45) is 0 Å². The molecule has 1 aliphatic rings. The Morgan fingerprint density at radius 3 is 2.85 bits per heavy atom. The molecule has 0 spiro atoms. The number of hydrogen-bond acceptors (Lipinski definition) is 4. The Labute approximate surface area is 117 Å². The lowest BCUT2D eigenvalue weighted by atomic mass is 10.4. The standard InChI is InChI=1S/C12H17N5O2S/c1-20(18,19)16-6-3-12-13-9-11(17(12)8-7-16)10-15-5-2-4-14-15/h2,4-5,9H,3,6-8,10H2,1H3. The van der Waals surface area contributed by atoms with E-state index in [0.717, 1.165) is 11.5 Å². The molecule has 3 rings (SSSR count). The third kappa shape index (κ3) is 2.61. The Morgan fingerprint density at radius 1 is 1.30 bits per heavy atom. The molecule has 0 saturated carbocycles. The largest absolute Gasteiger partial charge is 0.329 e. The van der Waals surface area contributed by atoms with Gasteiger partial charge < -0.3 is 4.57 Å². The highest BCUT2D eigenvalue weighted by Gasteiger charge is 2.22. The van der Waals surface area contributed by atoms with E-state index in [1.54, 1.807) is 6.20 Å². The van der Waals surface area contributed by atoms with Crippen LogP contribution in [0.1, 0.15) is 11.5 Å². The maximum atomic E-state index is 11.6. The molecule has 0 bridgehead atoms. The molecule has 8 heteroatoms. The molecule has 2 aromatic heterocycles. The average Bonchev–Trinajstić information content (AvgIpc) is 2.95. The summed E-state index contributed by atoms with van der Waals surface area (Å²) >= 11 is 0. The molecule has 0 saturated heterocycles. The summed E-state index contributed by atoms with van der Waals surface area (Å²) in [5.41, 5.74) is 1.05. The molecule has 108 valence electrons. The molecule has 0 atom stereocenters. The molecule has 0 fully saturated rings. The summed E-state index contributed by atoms with van der Waals surface area (Å²) in [5.74, 6) is 0.943. The van der Waals surface area contributed by atoms with Crippen molar-refractivity contribution in [2.75, 3.05) is 19.3 Å². The van der Waals surface area contributed by atoms with Gasteiger partial charge in [-0.2, -0.15) is 9.40 Å². The summed E-state index contributed by atoms with van der Waals surface area (Å²) in [5, 5.41) is 4.19. The summed E-state index contributed by atoms with van der Waals surface area (Å²) in [4.78, 5) is 4.41. The van der Waals surface area contributed by atoms with E-state index in [4.69, 9.17) is 0 Å². The first-order valence-electron chi connectivity index (χ1n) is 6.50. The molecule has 0 aliphatic carbocycles. The molecule has 7 nitrogen and oxygen atoms in total. The van der Waals surface area contributed by atoms with Crippen LogP contribution in [0.3, 0.4) is 0 Å². The third-order valence-corrected chi connectivity index (χ3v) is 4.83. The van der Waals surface area contributed by atoms with Crippen LogP contribution in [-0.4, -0.2) is 51.4 Å². The van der Waals surface area contributed by atoms with Crippen LogP contribution in [0.2, 0.25) is 0 Å². The Kier molecular flexibility index (Phi) is 3.35. The monoisotopic (exact) mass is 295 g/mol. The Hall–Kier alpha value is -1.67. The maximum absolute atomic E-state index is 11.6. The van der Waals surface area contributed by atoms with Gasteiger partial charge in [0.25, 0.3) is 0 Å². The zero-order valence-corrected chi connectivity index (χ0v) is 12.1. The summed E-state index contributed by atoms with van der Waals surface area (Å²) in [7, 11) is -3.13. The minimum absolute atomic E-state index is 0.494. The van der Waals surface area contributed by atoms with Crippen molar-refractivity contribution in [1.29, 1.82) is 0 Å². The van der Waals surface area contributed by atoms with E-state index in [1.165, 1.54) is 10.6 Å². The zero-order valence-electron chi connectivity index (χ0n) is 11.3. The lowest BCUT2D eigenvalue weighted by Crippen LogP contribution is -2.32. The van der Waals surface area contributed by atoms with Gasteiger partial charge in [0.2, 0.25) is 10.0 Å². The number of fused-ring (bicyclic) bond motifs is 1. The first kappa shape index (κ1) is 13.3. The Bertz CT molecular complexity index is 690. The van der Waals surface area contributed by atoms with E-state index in [1.807, 2.05) is 23.1 Å². The molecule has 0 amide bonds. The number of imidazole rings is 1. The van der Waals surface area contributed by atoms with E-state index in [0.29, 0.717) is 32.6 Å². The molecular weight excluding hydrogens is 278 g/mol. The third-order valence-electron chi connectivity index (χ3n) is 3.53. The second-order valence-electron chi connectivity index (χ2n) is 4.93. The smallest absolute Gasteiger partial charge is 0.211 e. The molecular formula is C12H17N5O2S. The normalized spacial score (nSPS) is 16.9. The van der Waals surface area contributed by atoms with Crippen molar-refractivity contribution < 1.29 is 8.42 Å². The summed E-state index contributed by atoms with van der Waals surface area (Å²) in [6, 6.07) is 1.88.